The molecule has 1 saturated heterocycles. The van der Waals surface area contributed by atoms with Crippen LogP contribution in [0.25, 0.3) is 0 Å². The van der Waals surface area contributed by atoms with Crippen LogP contribution in [0.2, 0.25) is 0 Å². The molecule has 2 rings (SSSR count). The Kier molecular flexibility index (Phi) is 4.30. The Morgan fingerprint density at radius 2 is 2.00 bits per heavy atom. The molecule has 0 aliphatic carbocycles. The zero-order valence-corrected chi connectivity index (χ0v) is 10.7. The molecule has 1 heterocycles. The topological polar surface area (TPSA) is 29.3 Å². The second kappa shape index (κ2) is 5.76. The fraction of sp³-hybridized carbons (Fsp3) is 0.571. The summed E-state index contributed by atoms with van der Waals surface area (Å²) in [5.41, 5.74) is 6.32. The lowest BCUT2D eigenvalue weighted by Crippen LogP contribution is -2.39. The van der Waals surface area contributed by atoms with E-state index in [-0.39, 0.29) is 6.04 Å². The molecule has 0 radical (unpaired) electrons. The van der Waals surface area contributed by atoms with Crippen molar-refractivity contribution in [2.45, 2.75) is 32.4 Å². The SMILES string of the molecule is CC(N)C1CCN(Cc2cccc(F)c2F)CC1. The average Bonchev–Trinajstić information content (AvgIpc) is 2.36. The average molecular weight is 254 g/mol. The molecule has 0 amide bonds. The zero-order valence-electron chi connectivity index (χ0n) is 10.7. The van der Waals surface area contributed by atoms with Gasteiger partial charge in [0.05, 0.1) is 0 Å². The third kappa shape index (κ3) is 3.06. The van der Waals surface area contributed by atoms with E-state index in [1.807, 2.05) is 6.92 Å². The van der Waals surface area contributed by atoms with Crippen LogP contribution >= 0.6 is 0 Å². The number of nitrogens with two attached hydrogens (primary N) is 1. The van der Waals surface area contributed by atoms with Gasteiger partial charge in [0.1, 0.15) is 0 Å². The van der Waals surface area contributed by atoms with E-state index in [1.54, 1.807) is 12.1 Å². The van der Waals surface area contributed by atoms with E-state index in [1.165, 1.54) is 0 Å². The molecule has 1 fully saturated rings. The number of benzene rings is 1. The second-order valence-corrected chi connectivity index (χ2v) is 5.19. The first kappa shape index (κ1) is 13.4. The van der Waals surface area contributed by atoms with Gasteiger partial charge in [0.25, 0.3) is 0 Å². The summed E-state index contributed by atoms with van der Waals surface area (Å²) in [4.78, 5) is 2.16. The van der Waals surface area contributed by atoms with Gasteiger partial charge in [-0.2, -0.15) is 0 Å². The van der Waals surface area contributed by atoms with Crippen LogP contribution in [0.5, 0.6) is 0 Å². The Morgan fingerprint density at radius 1 is 1.33 bits per heavy atom. The minimum atomic E-state index is -0.766. The Morgan fingerprint density at radius 3 is 2.61 bits per heavy atom. The number of nitrogens with zero attached hydrogens (tertiary/aromatic N) is 1. The molecule has 2 N–H and O–H groups in total. The van der Waals surface area contributed by atoms with Crippen molar-refractivity contribution in [3.63, 3.8) is 0 Å². The minimum Gasteiger partial charge on any atom is -0.328 e. The maximum atomic E-state index is 13.5. The monoisotopic (exact) mass is 254 g/mol. The van der Waals surface area contributed by atoms with Crippen molar-refractivity contribution >= 4 is 0 Å². The Labute approximate surface area is 107 Å². The van der Waals surface area contributed by atoms with Crippen molar-refractivity contribution in [3.05, 3.63) is 35.4 Å². The largest absolute Gasteiger partial charge is 0.328 e. The standard InChI is InChI=1S/C14H20F2N2/c1-10(17)11-5-7-18(8-6-11)9-12-3-2-4-13(15)14(12)16/h2-4,10-11H,5-9,17H2,1H3. The van der Waals surface area contributed by atoms with Crippen LogP contribution in [-0.2, 0) is 6.54 Å². The van der Waals surface area contributed by atoms with Gasteiger partial charge in [0.15, 0.2) is 11.6 Å². The Hall–Kier alpha value is -1.00. The van der Waals surface area contributed by atoms with Crippen molar-refractivity contribution in [1.29, 1.82) is 0 Å². The Balaban J connectivity index is 1.94. The van der Waals surface area contributed by atoms with Gasteiger partial charge < -0.3 is 5.73 Å². The van der Waals surface area contributed by atoms with E-state index >= 15 is 0 Å². The van der Waals surface area contributed by atoms with E-state index < -0.39 is 11.6 Å². The highest BCUT2D eigenvalue weighted by Gasteiger charge is 2.22. The number of hydrogen-bond acceptors (Lipinski definition) is 2. The molecule has 1 aromatic rings. The molecule has 4 heteroatoms. The molecule has 18 heavy (non-hydrogen) atoms. The molecule has 100 valence electrons. The quantitative estimate of drug-likeness (QED) is 0.898. The highest BCUT2D eigenvalue weighted by atomic mass is 19.2. The van der Waals surface area contributed by atoms with E-state index in [0.29, 0.717) is 18.0 Å². The van der Waals surface area contributed by atoms with Gasteiger partial charge in [-0.3, -0.25) is 4.90 Å². The summed E-state index contributed by atoms with van der Waals surface area (Å²) in [6.07, 6.45) is 2.07. The van der Waals surface area contributed by atoms with Crippen LogP contribution in [0.3, 0.4) is 0 Å². The molecule has 0 aromatic heterocycles. The summed E-state index contributed by atoms with van der Waals surface area (Å²) in [5.74, 6) is -0.927. The van der Waals surface area contributed by atoms with E-state index in [9.17, 15) is 8.78 Å². The van der Waals surface area contributed by atoms with Crippen molar-refractivity contribution < 1.29 is 8.78 Å². The molecular formula is C14H20F2N2. The molecule has 2 nitrogen and oxygen atoms in total. The summed E-state index contributed by atoms with van der Waals surface area (Å²) >= 11 is 0. The van der Waals surface area contributed by atoms with Gasteiger partial charge in [-0.25, -0.2) is 8.78 Å². The molecular weight excluding hydrogens is 234 g/mol. The minimum absolute atomic E-state index is 0.220. The van der Waals surface area contributed by atoms with Crippen LogP contribution < -0.4 is 5.73 Å². The number of halogens is 2. The zero-order chi connectivity index (χ0) is 13.1. The summed E-state index contributed by atoms with van der Waals surface area (Å²) < 4.78 is 26.6. The first-order valence-corrected chi connectivity index (χ1v) is 6.48. The summed E-state index contributed by atoms with van der Waals surface area (Å²) in [6, 6.07) is 4.58. The van der Waals surface area contributed by atoms with Crippen molar-refractivity contribution in [2.75, 3.05) is 13.1 Å². The van der Waals surface area contributed by atoms with Crippen molar-refractivity contribution in [3.8, 4) is 0 Å². The fourth-order valence-electron chi connectivity index (χ4n) is 2.55. The molecule has 0 bridgehead atoms. The van der Waals surface area contributed by atoms with E-state index in [4.69, 9.17) is 5.73 Å². The first-order valence-electron chi connectivity index (χ1n) is 6.48. The number of hydrogen-bond donors (Lipinski definition) is 1. The lowest BCUT2D eigenvalue weighted by molar-refractivity contribution is 0.164. The maximum absolute atomic E-state index is 13.5. The van der Waals surface area contributed by atoms with Crippen LogP contribution in [0.4, 0.5) is 8.78 Å². The lowest BCUT2D eigenvalue weighted by Gasteiger charge is -2.33. The number of rotatable bonds is 3. The summed E-state index contributed by atoms with van der Waals surface area (Å²) in [6.45, 7) is 4.33. The fourth-order valence-corrected chi connectivity index (χ4v) is 2.55. The lowest BCUT2D eigenvalue weighted by atomic mass is 9.91. The highest BCUT2D eigenvalue weighted by molar-refractivity contribution is 5.18. The van der Waals surface area contributed by atoms with Crippen LogP contribution in [-0.4, -0.2) is 24.0 Å². The second-order valence-electron chi connectivity index (χ2n) is 5.19. The molecule has 0 saturated carbocycles. The normalized spacial score (nSPS) is 20.0. The highest BCUT2D eigenvalue weighted by Crippen LogP contribution is 2.22. The van der Waals surface area contributed by atoms with Crippen LogP contribution in [0.15, 0.2) is 18.2 Å². The maximum Gasteiger partial charge on any atom is 0.163 e. The van der Waals surface area contributed by atoms with E-state index in [2.05, 4.69) is 4.90 Å². The van der Waals surface area contributed by atoms with Crippen molar-refractivity contribution in [1.82, 2.24) is 4.90 Å². The summed E-state index contributed by atoms with van der Waals surface area (Å²) in [7, 11) is 0. The molecule has 1 aliphatic heterocycles. The molecule has 1 unspecified atom stereocenters. The predicted octanol–water partition coefficient (Wildman–Crippen LogP) is 2.52. The predicted molar refractivity (Wildman–Crippen MR) is 68.0 cm³/mol. The van der Waals surface area contributed by atoms with Gasteiger partial charge in [0.2, 0.25) is 0 Å². The van der Waals surface area contributed by atoms with Gasteiger partial charge in [0, 0.05) is 18.2 Å². The molecule has 0 spiro atoms. The Bertz CT molecular complexity index is 399. The number of piperidine rings is 1. The van der Waals surface area contributed by atoms with Gasteiger partial charge in [-0.05, 0) is 44.8 Å². The van der Waals surface area contributed by atoms with E-state index in [0.717, 1.165) is 32.0 Å². The van der Waals surface area contributed by atoms with Gasteiger partial charge in [-0.1, -0.05) is 12.1 Å². The van der Waals surface area contributed by atoms with Crippen molar-refractivity contribution in [2.24, 2.45) is 11.7 Å². The third-order valence-electron chi connectivity index (χ3n) is 3.80. The third-order valence-corrected chi connectivity index (χ3v) is 3.80. The first-order chi connectivity index (χ1) is 8.58. The molecule has 1 aliphatic rings. The van der Waals surface area contributed by atoms with Gasteiger partial charge in [-0.15, -0.1) is 0 Å². The molecule has 1 aromatic carbocycles. The number of likely N-dealkylation sites (tertiary alicyclic amines) is 1. The van der Waals surface area contributed by atoms with Crippen LogP contribution in [0, 0.1) is 17.6 Å². The van der Waals surface area contributed by atoms with Crippen LogP contribution in [0.1, 0.15) is 25.3 Å². The smallest absolute Gasteiger partial charge is 0.163 e. The summed E-state index contributed by atoms with van der Waals surface area (Å²) in [5, 5.41) is 0. The molecule has 1 atom stereocenters. The van der Waals surface area contributed by atoms with Gasteiger partial charge >= 0.3 is 0 Å².